The molecule has 0 aliphatic carbocycles. The van der Waals surface area contributed by atoms with Gasteiger partial charge in [-0.05, 0) is 20.8 Å². The van der Waals surface area contributed by atoms with Gasteiger partial charge in [-0.3, -0.25) is 0 Å². The Morgan fingerprint density at radius 1 is 1.50 bits per heavy atom. The molecule has 0 saturated carbocycles. The molecule has 0 radical (unpaired) electrons. The van der Waals surface area contributed by atoms with E-state index in [-0.39, 0.29) is 5.60 Å². The third-order valence-electron chi connectivity index (χ3n) is 2.35. The van der Waals surface area contributed by atoms with Crippen LogP contribution in [-0.4, -0.2) is 22.4 Å². The third kappa shape index (κ3) is 1.98. The van der Waals surface area contributed by atoms with E-state index in [0.29, 0.717) is 18.1 Å². The van der Waals surface area contributed by atoms with Crippen LogP contribution in [0, 0.1) is 6.92 Å². The first-order chi connectivity index (χ1) is 6.37. The second-order valence-electron chi connectivity index (χ2n) is 4.00. The monoisotopic (exact) mass is 198 g/mol. The number of methoxy groups -OCH3 is 1. The first kappa shape index (κ1) is 10.8. The number of aryl methyl sites for hydroxylation is 1. The van der Waals surface area contributed by atoms with E-state index in [0.717, 1.165) is 5.69 Å². The van der Waals surface area contributed by atoms with E-state index in [1.54, 1.807) is 7.11 Å². The number of rotatable bonds is 3. The highest BCUT2D eigenvalue weighted by atomic mass is 16.5. The predicted molar refractivity (Wildman–Crippen MR) is 56.3 cm³/mol. The summed E-state index contributed by atoms with van der Waals surface area (Å²) in [6.07, 6.45) is 0.653. The fourth-order valence-electron chi connectivity index (χ4n) is 1.23. The number of hydrogen-bond acceptors (Lipinski definition) is 4. The van der Waals surface area contributed by atoms with Crippen LogP contribution in [0.5, 0.6) is 0 Å². The van der Waals surface area contributed by atoms with E-state index in [2.05, 4.69) is 4.98 Å². The van der Waals surface area contributed by atoms with Crippen molar-refractivity contribution in [2.75, 3.05) is 18.7 Å². The number of hydrogen-bond donors (Lipinski definition) is 2. The quantitative estimate of drug-likeness (QED) is 0.691. The molecule has 0 amide bonds. The minimum absolute atomic E-state index is 0.269. The van der Waals surface area contributed by atoms with E-state index in [1.807, 2.05) is 20.8 Å². The van der Waals surface area contributed by atoms with Crippen LogP contribution in [0.3, 0.4) is 0 Å². The molecule has 1 aromatic rings. The van der Waals surface area contributed by atoms with Crippen LogP contribution < -0.4 is 11.6 Å². The van der Waals surface area contributed by atoms with Gasteiger partial charge >= 0.3 is 0 Å². The Morgan fingerprint density at radius 2 is 2.07 bits per heavy atom. The maximum atomic E-state index is 5.79. The van der Waals surface area contributed by atoms with Crippen LogP contribution >= 0.6 is 0 Å². The van der Waals surface area contributed by atoms with E-state index in [9.17, 15) is 0 Å². The van der Waals surface area contributed by atoms with Crippen molar-refractivity contribution in [1.82, 2.24) is 9.66 Å². The van der Waals surface area contributed by atoms with Crippen molar-refractivity contribution in [1.29, 1.82) is 0 Å². The number of aromatic nitrogens is 2. The maximum Gasteiger partial charge on any atom is 0.146 e. The van der Waals surface area contributed by atoms with Gasteiger partial charge in [0.15, 0.2) is 0 Å². The molecule has 14 heavy (non-hydrogen) atoms. The lowest BCUT2D eigenvalue weighted by Crippen LogP contribution is -2.26. The Morgan fingerprint density at radius 3 is 2.43 bits per heavy atom. The lowest BCUT2D eigenvalue weighted by Gasteiger charge is -2.21. The summed E-state index contributed by atoms with van der Waals surface area (Å²) in [6.45, 7) is 5.79. The smallest absolute Gasteiger partial charge is 0.146 e. The van der Waals surface area contributed by atoms with Crippen LogP contribution in [0.15, 0.2) is 0 Å². The number of nitrogen functional groups attached to an aromatic ring is 2. The molecule has 0 unspecified atom stereocenters. The largest absolute Gasteiger partial charge is 0.382 e. The molecule has 0 aliphatic heterocycles. The van der Waals surface area contributed by atoms with E-state index >= 15 is 0 Å². The fourth-order valence-corrected chi connectivity index (χ4v) is 1.23. The summed E-state index contributed by atoms with van der Waals surface area (Å²) < 4.78 is 6.69. The first-order valence-corrected chi connectivity index (χ1v) is 4.51. The van der Waals surface area contributed by atoms with Gasteiger partial charge in [0.05, 0.1) is 11.3 Å². The van der Waals surface area contributed by atoms with Crippen molar-refractivity contribution in [2.24, 2.45) is 0 Å². The van der Waals surface area contributed by atoms with Gasteiger partial charge in [-0.2, -0.15) is 0 Å². The van der Waals surface area contributed by atoms with E-state index in [1.165, 1.54) is 4.68 Å². The highest BCUT2D eigenvalue weighted by Crippen LogP contribution is 2.19. The first-order valence-electron chi connectivity index (χ1n) is 4.51. The zero-order chi connectivity index (χ0) is 10.9. The number of nitrogens with two attached hydrogens (primary N) is 2. The van der Waals surface area contributed by atoms with Crippen molar-refractivity contribution in [3.8, 4) is 0 Å². The van der Waals surface area contributed by atoms with Gasteiger partial charge in [-0.15, -0.1) is 0 Å². The Labute approximate surface area is 84.0 Å². The van der Waals surface area contributed by atoms with Crippen molar-refractivity contribution in [3.63, 3.8) is 0 Å². The van der Waals surface area contributed by atoms with Crippen molar-refractivity contribution >= 4 is 5.82 Å². The number of anilines is 1. The minimum atomic E-state index is -0.269. The van der Waals surface area contributed by atoms with Crippen molar-refractivity contribution in [2.45, 2.75) is 32.8 Å². The average Bonchev–Trinajstić information content (AvgIpc) is 2.33. The van der Waals surface area contributed by atoms with Crippen LogP contribution in [0.1, 0.15) is 25.4 Å². The molecule has 80 valence electrons. The third-order valence-corrected chi connectivity index (χ3v) is 2.35. The molecule has 5 heteroatoms. The number of ether oxygens (including phenoxy) is 1. The zero-order valence-corrected chi connectivity index (χ0v) is 9.16. The molecule has 4 N–H and O–H groups in total. The van der Waals surface area contributed by atoms with Gasteiger partial charge in [0.2, 0.25) is 0 Å². The van der Waals surface area contributed by atoms with Crippen LogP contribution in [0.4, 0.5) is 5.82 Å². The lowest BCUT2D eigenvalue weighted by molar-refractivity contribution is 0.0226. The molecule has 0 atom stereocenters. The van der Waals surface area contributed by atoms with Gasteiger partial charge < -0.3 is 16.3 Å². The summed E-state index contributed by atoms with van der Waals surface area (Å²) in [6, 6.07) is 0. The molecule has 1 rings (SSSR count). The van der Waals surface area contributed by atoms with Gasteiger partial charge in [-0.25, -0.2) is 9.66 Å². The summed E-state index contributed by atoms with van der Waals surface area (Å²) in [7, 11) is 1.67. The molecular formula is C9H18N4O. The molecule has 0 aliphatic rings. The second-order valence-corrected chi connectivity index (χ2v) is 4.00. The van der Waals surface area contributed by atoms with Crippen LogP contribution in [0.2, 0.25) is 0 Å². The van der Waals surface area contributed by atoms with Gasteiger partial charge in [0.25, 0.3) is 0 Å². The molecule has 0 aromatic carbocycles. The lowest BCUT2D eigenvalue weighted by atomic mass is 10.0. The number of nitrogens with zero attached hydrogens (tertiary/aromatic N) is 2. The number of imidazole rings is 1. The summed E-state index contributed by atoms with van der Waals surface area (Å²) in [4.78, 5) is 4.28. The minimum Gasteiger partial charge on any atom is -0.382 e. The highest BCUT2D eigenvalue weighted by Gasteiger charge is 2.21. The van der Waals surface area contributed by atoms with Crippen molar-refractivity contribution in [3.05, 3.63) is 11.5 Å². The molecule has 0 saturated heterocycles. The standard InChI is InChI=1S/C9H18N4O/c1-6-12-7(8(10)13(6)11)5-9(2,3)14-4/h5,10-11H2,1-4H3. The van der Waals surface area contributed by atoms with Gasteiger partial charge in [0, 0.05) is 13.5 Å². The summed E-state index contributed by atoms with van der Waals surface area (Å²) in [5.41, 5.74) is 6.31. The Balaban J connectivity index is 2.93. The molecular weight excluding hydrogens is 180 g/mol. The van der Waals surface area contributed by atoms with Gasteiger partial charge in [0.1, 0.15) is 11.6 Å². The SMILES string of the molecule is COC(C)(C)Cc1nc(C)n(N)c1N. The Hall–Kier alpha value is -1.23. The van der Waals surface area contributed by atoms with E-state index < -0.39 is 0 Å². The molecule has 5 nitrogen and oxygen atoms in total. The maximum absolute atomic E-state index is 5.79. The second kappa shape index (κ2) is 3.49. The Kier molecular flexibility index (Phi) is 2.71. The van der Waals surface area contributed by atoms with Crippen LogP contribution in [-0.2, 0) is 11.2 Å². The molecule has 1 aromatic heterocycles. The van der Waals surface area contributed by atoms with Gasteiger partial charge in [-0.1, -0.05) is 0 Å². The topological polar surface area (TPSA) is 79.1 Å². The van der Waals surface area contributed by atoms with Crippen molar-refractivity contribution < 1.29 is 4.74 Å². The Bertz CT molecular complexity index is 330. The highest BCUT2D eigenvalue weighted by molar-refractivity contribution is 5.38. The fraction of sp³-hybridized carbons (Fsp3) is 0.667. The average molecular weight is 198 g/mol. The summed E-state index contributed by atoms with van der Waals surface area (Å²) >= 11 is 0. The molecule has 0 fully saturated rings. The molecule has 0 bridgehead atoms. The molecule has 0 spiro atoms. The van der Waals surface area contributed by atoms with Crippen LogP contribution in [0.25, 0.3) is 0 Å². The normalized spacial score (nSPS) is 12.0. The summed E-state index contributed by atoms with van der Waals surface area (Å²) in [5.74, 6) is 6.87. The van der Waals surface area contributed by atoms with E-state index in [4.69, 9.17) is 16.3 Å². The molecule has 1 heterocycles. The summed E-state index contributed by atoms with van der Waals surface area (Å²) in [5, 5.41) is 0. The zero-order valence-electron chi connectivity index (χ0n) is 9.16. The predicted octanol–water partition coefficient (Wildman–Crippen LogP) is 0.455.